The second kappa shape index (κ2) is 5.79. The minimum absolute atomic E-state index is 0.0862. The smallest absolute Gasteiger partial charge is 0.236 e. The van der Waals surface area contributed by atoms with Gasteiger partial charge in [-0.2, -0.15) is 0 Å². The highest BCUT2D eigenvalue weighted by Gasteiger charge is 2.24. The van der Waals surface area contributed by atoms with Crippen molar-refractivity contribution in [2.24, 2.45) is 0 Å². The van der Waals surface area contributed by atoms with Crippen LogP contribution in [-0.4, -0.2) is 59.3 Å². The molecule has 1 aliphatic heterocycles. The van der Waals surface area contributed by atoms with Crippen LogP contribution in [0.3, 0.4) is 0 Å². The molecule has 1 aromatic heterocycles. The fourth-order valence-electron chi connectivity index (χ4n) is 2.80. The summed E-state index contributed by atoms with van der Waals surface area (Å²) in [7, 11) is 1.80. The highest BCUT2D eigenvalue weighted by molar-refractivity contribution is 5.99. The van der Waals surface area contributed by atoms with Gasteiger partial charge in [0.25, 0.3) is 0 Å². The summed E-state index contributed by atoms with van der Waals surface area (Å²) in [5.41, 5.74) is 2.92. The fourth-order valence-corrected chi connectivity index (χ4v) is 2.80. The van der Waals surface area contributed by atoms with Gasteiger partial charge in [-0.3, -0.25) is 14.5 Å². The lowest BCUT2D eigenvalue weighted by molar-refractivity contribution is -0.134. The molecule has 2 heterocycles. The van der Waals surface area contributed by atoms with E-state index >= 15 is 0 Å². The fraction of sp³-hybridized carbons (Fsp3) is 0.600. The van der Waals surface area contributed by atoms with Gasteiger partial charge in [0.2, 0.25) is 5.91 Å². The number of hydrogen-bond donors (Lipinski definition) is 0. The van der Waals surface area contributed by atoms with Gasteiger partial charge in [-0.05, 0) is 26.8 Å². The maximum Gasteiger partial charge on any atom is 0.236 e. The van der Waals surface area contributed by atoms with Gasteiger partial charge in [-0.15, -0.1) is 0 Å². The third-order valence-electron chi connectivity index (χ3n) is 4.09. The lowest BCUT2D eigenvalue weighted by Crippen LogP contribution is -2.49. The minimum Gasteiger partial charge on any atom is -0.349 e. The van der Waals surface area contributed by atoms with Crippen molar-refractivity contribution in [3.05, 3.63) is 23.0 Å². The topological polar surface area (TPSA) is 45.6 Å². The summed E-state index contributed by atoms with van der Waals surface area (Å²) in [6.45, 7) is 9.08. The van der Waals surface area contributed by atoms with Crippen molar-refractivity contribution in [1.29, 1.82) is 0 Å². The van der Waals surface area contributed by atoms with E-state index < -0.39 is 0 Å². The van der Waals surface area contributed by atoms with Crippen molar-refractivity contribution in [3.63, 3.8) is 0 Å². The highest BCUT2D eigenvalue weighted by atomic mass is 16.2. The molecule has 1 aromatic rings. The Morgan fingerprint density at radius 2 is 2.00 bits per heavy atom. The normalized spacial score (nSPS) is 16.8. The van der Waals surface area contributed by atoms with E-state index in [0.717, 1.165) is 30.0 Å². The second-order valence-electron chi connectivity index (χ2n) is 5.48. The molecule has 0 radical (unpaired) electrons. The third kappa shape index (κ3) is 2.77. The van der Waals surface area contributed by atoms with Crippen LogP contribution in [0, 0.1) is 13.8 Å². The Kier molecular flexibility index (Phi) is 4.28. The Balaban J connectivity index is 2.07. The first kappa shape index (κ1) is 14.8. The molecule has 1 fully saturated rings. The lowest BCUT2D eigenvalue weighted by Gasteiger charge is -2.31. The zero-order valence-corrected chi connectivity index (χ0v) is 12.8. The predicted octanol–water partition coefficient (Wildman–Crippen LogP) is 1.08. The van der Waals surface area contributed by atoms with Gasteiger partial charge in [0, 0.05) is 43.6 Å². The van der Waals surface area contributed by atoms with E-state index in [9.17, 15) is 9.59 Å². The Bertz CT molecular complexity index is 533. The Morgan fingerprint density at radius 1 is 1.30 bits per heavy atom. The molecule has 20 heavy (non-hydrogen) atoms. The molecule has 2 rings (SSSR count). The van der Waals surface area contributed by atoms with Gasteiger partial charge < -0.3 is 9.47 Å². The van der Waals surface area contributed by atoms with Crippen LogP contribution in [0.5, 0.6) is 0 Å². The van der Waals surface area contributed by atoms with E-state index in [2.05, 4.69) is 11.5 Å². The molecule has 0 spiro atoms. The number of nitrogens with zero attached hydrogens (tertiary/aromatic N) is 3. The third-order valence-corrected chi connectivity index (χ3v) is 4.09. The molecule has 0 aromatic carbocycles. The SMILES string of the molecule is CCn1c(C)cc(C(=O)CN2CCN(C)C(=O)C2)c1C. The van der Waals surface area contributed by atoms with E-state index in [4.69, 9.17) is 0 Å². The number of carbonyl (C=O) groups excluding carboxylic acids is 2. The van der Waals surface area contributed by atoms with E-state index in [1.54, 1.807) is 11.9 Å². The van der Waals surface area contributed by atoms with Crippen molar-refractivity contribution in [2.75, 3.05) is 33.2 Å². The molecule has 0 saturated carbocycles. The molecule has 0 bridgehead atoms. The van der Waals surface area contributed by atoms with Crippen LogP contribution >= 0.6 is 0 Å². The Hall–Kier alpha value is -1.62. The quantitative estimate of drug-likeness (QED) is 0.774. The predicted molar refractivity (Wildman–Crippen MR) is 78.0 cm³/mol. The van der Waals surface area contributed by atoms with Gasteiger partial charge in [-0.25, -0.2) is 0 Å². The molecule has 1 saturated heterocycles. The number of Topliss-reactive ketones (excluding diaryl/α,β-unsaturated/α-hetero) is 1. The van der Waals surface area contributed by atoms with Crippen LogP contribution in [-0.2, 0) is 11.3 Å². The number of hydrogen-bond acceptors (Lipinski definition) is 3. The van der Waals surface area contributed by atoms with Gasteiger partial charge >= 0.3 is 0 Å². The molecule has 1 amide bonds. The number of likely N-dealkylation sites (N-methyl/N-ethyl adjacent to an activating group) is 1. The molecule has 0 N–H and O–H groups in total. The molecule has 1 aliphatic rings. The number of amides is 1. The molecule has 5 nitrogen and oxygen atoms in total. The van der Waals surface area contributed by atoms with Gasteiger partial charge in [0.15, 0.2) is 5.78 Å². The summed E-state index contributed by atoms with van der Waals surface area (Å²) in [6.07, 6.45) is 0. The van der Waals surface area contributed by atoms with Crippen molar-refractivity contribution in [3.8, 4) is 0 Å². The Morgan fingerprint density at radius 3 is 2.55 bits per heavy atom. The lowest BCUT2D eigenvalue weighted by atomic mass is 10.1. The van der Waals surface area contributed by atoms with E-state index in [1.165, 1.54) is 0 Å². The average Bonchev–Trinajstić information content (AvgIpc) is 2.69. The first-order valence-corrected chi connectivity index (χ1v) is 7.10. The van der Waals surface area contributed by atoms with Crippen LogP contribution < -0.4 is 0 Å². The van der Waals surface area contributed by atoms with Crippen molar-refractivity contribution in [2.45, 2.75) is 27.3 Å². The number of rotatable bonds is 4. The molecule has 0 unspecified atom stereocenters. The van der Waals surface area contributed by atoms with E-state index in [-0.39, 0.29) is 11.7 Å². The van der Waals surface area contributed by atoms with E-state index in [0.29, 0.717) is 19.6 Å². The summed E-state index contributed by atoms with van der Waals surface area (Å²) in [6, 6.07) is 1.96. The summed E-state index contributed by atoms with van der Waals surface area (Å²) in [5, 5.41) is 0. The number of ketones is 1. The van der Waals surface area contributed by atoms with Crippen LogP contribution in [0.4, 0.5) is 0 Å². The zero-order chi connectivity index (χ0) is 14.9. The van der Waals surface area contributed by atoms with Crippen LogP contribution in [0.1, 0.15) is 28.7 Å². The molecular weight excluding hydrogens is 254 g/mol. The zero-order valence-electron chi connectivity index (χ0n) is 12.8. The van der Waals surface area contributed by atoms with Crippen LogP contribution in [0.2, 0.25) is 0 Å². The molecule has 5 heteroatoms. The monoisotopic (exact) mass is 277 g/mol. The number of piperazine rings is 1. The standard InChI is InChI=1S/C15H23N3O2/c1-5-18-11(2)8-13(12(18)3)14(19)9-17-7-6-16(4)15(20)10-17/h8H,5-7,9-10H2,1-4H3. The van der Waals surface area contributed by atoms with Gasteiger partial charge in [0.1, 0.15) is 0 Å². The summed E-state index contributed by atoms with van der Waals surface area (Å²) < 4.78 is 2.14. The van der Waals surface area contributed by atoms with Gasteiger partial charge in [0.05, 0.1) is 13.1 Å². The highest BCUT2D eigenvalue weighted by Crippen LogP contribution is 2.16. The first-order valence-electron chi connectivity index (χ1n) is 7.10. The largest absolute Gasteiger partial charge is 0.349 e. The molecule has 0 atom stereocenters. The summed E-state index contributed by atoms with van der Waals surface area (Å²) >= 11 is 0. The second-order valence-corrected chi connectivity index (χ2v) is 5.48. The maximum absolute atomic E-state index is 12.4. The molecular formula is C15H23N3O2. The molecule has 0 aliphatic carbocycles. The van der Waals surface area contributed by atoms with Crippen LogP contribution in [0.25, 0.3) is 0 Å². The van der Waals surface area contributed by atoms with Crippen molar-refractivity contribution in [1.82, 2.24) is 14.4 Å². The van der Waals surface area contributed by atoms with Crippen molar-refractivity contribution >= 4 is 11.7 Å². The summed E-state index contributed by atoms with van der Waals surface area (Å²) in [4.78, 5) is 27.7. The molecule has 110 valence electrons. The van der Waals surface area contributed by atoms with Gasteiger partial charge in [-0.1, -0.05) is 0 Å². The first-order chi connectivity index (χ1) is 9.43. The van der Waals surface area contributed by atoms with E-state index in [1.807, 2.05) is 24.8 Å². The number of aromatic nitrogens is 1. The minimum atomic E-state index is 0.0862. The average molecular weight is 277 g/mol. The van der Waals surface area contributed by atoms with Crippen LogP contribution in [0.15, 0.2) is 6.07 Å². The summed E-state index contributed by atoms with van der Waals surface area (Å²) in [5.74, 6) is 0.193. The number of carbonyl (C=O) groups is 2. The Labute approximate surface area is 120 Å². The van der Waals surface area contributed by atoms with Crippen molar-refractivity contribution < 1.29 is 9.59 Å². The maximum atomic E-state index is 12.4. The number of aryl methyl sites for hydroxylation is 1.